The van der Waals surface area contributed by atoms with Crippen molar-refractivity contribution in [3.8, 4) is 0 Å². The third kappa shape index (κ3) is 2.74. The van der Waals surface area contributed by atoms with Gasteiger partial charge < -0.3 is 10.4 Å². The molecule has 1 aromatic heterocycles. The molecule has 1 aromatic rings. The molecule has 0 bridgehead atoms. The second-order valence-electron chi connectivity index (χ2n) is 2.89. The summed E-state index contributed by atoms with van der Waals surface area (Å²) in [6.45, 7) is 3.69. The Bertz CT molecular complexity index is 323. The molecule has 70 valence electrons. The first-order chi connectivity index (χ1) is 6.09. The molecule has 0 unspecified atom stereocenters. The second kappa shape index (κ2) is 3.89. The zero-order chi connectivity index (χ0) is 9.84. The van der Waals surface area contributed by atoms with Crippen LogP contribution in [-0.4, -0.2) is 22.6 Å². The number of hydrogen-bond donors (Lipinski definition) is 2. The Balaban J connectivity index is 2.75. The number of pyridine rings is 1. The summed E-state index contributed by atoms with van der Waals surface area (Å²) in [5.74, 6) is -0.867. The molecule has 0 aliphatic rings. The van der Waals surface area contributed by atoms with Crippen LogP contribution in [0.4, 0.5) is 5.69 Å². The molecule has 4 heteroatoms. The third-order valence-corrected chi connectivity index (χ3v) is 1.67. The van der Waals surface area contributed by atoms with Gasteiger partial charge in [-0.05, 0) is 25.5 Å². The minimum atomic E-state index is -0.867. The maximum absolute atomic E-state index is 10.3. The normalized spacial score (nSPS) is 9.69. The number of carbonyl (C=O) groups is 1. The largest absolute Gasteiger partial charge is 0.480 e. The van der Waals surface area contributed by atoms with E-state index in [1.165, 1.54) is 0 Å². The molecular weight excluding hydrogens is 168 g/mol. The van der Waals surface area contributed by atoms with Crippen LogP contribution in [0.3, 0.4) is 0 Å². The first-order valence-corrected chi connectivity index (χ1v) is 3.98. The van der Waals surface area contributed by atoms with E-state index in [9.17, 15) is 4.79 Å². The number of anilines is 1. The summed E-state index contributed by atoms with van der Waals surface area (Å²) >= 11 is 0. The molecule has 0 spiro atoms. The van der Waals surface area contributed by atoms with E-state index in [0.717, 1.165) is 16.9 Å². The summed E-state index contributed by atoms with van der Waals surface area (Å²) in [6, 6.07) is 1.83. The van der Waals surface area contributed by atoms with Crippen molar-refractivity contribution in [1.82, 2.24) is 4.98 Å². The minimum absolute atomic E-state index is 0.0652. The van der Waals surface area contributed by atoms with E-state index in [1.807, 2.05) is 19.9 Å². The van der Waals surface area contributed by atoms with Gasteiger partial charge in [0.15, 0.2) is 0 Å². The molecule has 13 heavy (non-hydrogen) atoms. The van der Waals surface area contributed by atoms with E-state index in [2.05, 4.69) is 10.3 Å². The molecule has 0 saturated carbocycles. The number of carboxylic acids is 1. The summed E-state index contributed by atoms with van der Waals surface area (Å²) in [7, 11) is 0. The molecule has 0 aliphatic carbocycles. The standard InChI is InChI=1S/C9H12N2O2/c1-6-4-10-7(2)3-8(6)11-5-9(12)13/h3-4H,5H2,1-2H3,(H,10,11)(H,12,13). The van der Waals surface area contributed by atoms with Crippen molar-refractivity contribution >= 4 is 11.7 Å². The molecule has 1 heterocycles. The number of rotatable bonds is 3. The van der Waals surface area contributed by atoms with Crippen LogP contribution >= 0.6 is 0 Å². The van der Waals surface area contributed by atoms with E-state index in [-0.39, 0.29) is 6.54 Å². The van der Waals surface area contributed by atoms with Crippen LogP contribution in [0.5, 0.6) is 0 Å². The van der Waals surface area contributed by atoms with Gasteiger partial charge in [0, 0.05) is 17.6 Å². The van der Waals surface area contributed by atoms with Crippen molar-refractivity contribution < 1.29 is 9.90 Å². The fraction of sp³-hybridized carbons (Fsp3) is 0.333. The van der Waals surface area contributed by atoms with Gasteiger partial charge in [-0.2, -0.15) is 0 Å². The summed E-state index contributed by atoms with van der Waals surface area (Å²) in [5, 5.41) is 11.3. The van der Waals surface area contributed by atoms with Crippen molar-refractivity contribution in [2.75, 3.05) is 11.9 Å². The number of aliphatic carboxylic acids is 1. The lowest BCUT2D eigenvalue weighted by atomic mass is 10.2. The first-order valence-electron chi connectivity index (χ1n) is 3.98. The number of hydrogen-bond acceptors (Lipinski definition) is 3. The predicted octanol–water partition coefficient (Wildman–Crippen LogP) is 1.19. The number of nitrogens with zero attached hydrogens (tertiary/aromatic N) is 1. The van der Waals surface area contributed by atoms with Gasteiger partial charge in [-0.3, -0.25) is 9.78 Å². The van der Waals surface area contributed by atoms with Gasteiger partial charge in [-0.15, -0.1) is 0 Å². The lowest BCUT2D eigenvalue weighted by Crippen LogP contribution is -2.13. The Morgan fingerprint density at radius 3 is 2.92 bits per heavy atom. The topological polar surface area (TPSA) is 62.2 Å². The zero-order valence-corrected chi connectivity index (χ0v) is 7.66. The molecule has 0 fully saturated rings. The van der Waals surface area contributed by atoms with Crippen molar-refractivity contribution in [2.24, 2.45) is 0 Å². The Kier molecular flexibility index (Phi) is 2.84. The second-order valence-corrected chi connectivity index (χ2v) is 2.89. The average Bonchev–Trinajstić information content (AvgIpc) is 2.06. The number of carboxylic acid groups (broad SMARTS) is 1. The van der Waals surface area contributed by atoms with E-state index < -0.39 is 5.97 Å². The maximum Gasteiger partial charge on any atom is 0.322 e. The van der Waals surface area contributed by atoms with Gasteiger partial charge in [0.2, 0.25) is 0 Å². The highest BCUT2D eigenvalue weighted by Gasteiger charge is 2.00. The predicted molar refractivity (Wildman–Crippen MR) is 49.8 cm³/mol. The quantitative estimate of drug-likeness (QED) is 0.733. The molecule has 4 nitrogen and oxygen atoms in total. The van der Waals surface area contributed by atoms with Crippen LogP contribution in [0.25, 0.3) is 0 Å². The molecule has 0 aliphatic heterocycles. The van der Waals surface area contributed by atoms with Crippen LogP contribution in [-0.2, 0) is 4.79 Å². The highest BCUT2D eigenvalue weighted by Crippen LogP contribution is 2.13. The third-order valence-electron chi connectivity index (χ3n) is 1.67. The molecule has 0 radical (unpaired) electrons. The summed E-state index contributed by atoms with van der Waals surface area (Å²) < 4.78 is 0. The SMILES string of the molecule is Cc1cc(NCC(=O)O)c(C)cn1. The summed E-state index contributed by atoms with van der Waals surface area (Å²) in [5.41, 5.74) is 2.65. The lowest BCUT2D eigenvalue weighted by molar-refractivity contribution is -0.134. The van der Waals surface area contributed by atoms with Crippen LogP contribution in [0.15, 0.2) is 12.3 Å². The van der Waals surface area contributed by atoms with E-state index in [4.69, 9.17) is 5.11 Å². The van der Waals surface area contributed by atoms with Gasteiger partial charge in [0.25, 0.3) is 0 Å². The van der Waals surface area contributed by atoms with Gasteiger partial charge in [0.05, 0.1) is 0 Å². The fourth-order valence-corrected chi connectivity index (χ4v) is 0.989. The van der Waals surface area contributed by atoms with E-state index >= 15 is 0 Å². The monoisotopic (exact) mass is 180 g/mol. The number of nitrogens with one attached hydrogen (secondary N) is 1. The van der Waals surface area contributed by atoms with Crippen molar-refractivity contribution in [1.29, 1.82) is 0 Å². The Morgan fingerprint density at radius 1 is 1.62 bits per heavy atom. The molecular formula is C9H12N2O2. The Morgan fingerprint density at radius 2 is 2.31 bits per heavy atom. The average molecular weight is 180 g/mol. The van der Waals surface area contributed by atoms with Gasteiger partial charge in [-0.25, -0.2) is 0 Å². The van der Waals surface area contributed by atoms with E-state index in [0.29, 0.717) is 0 Å². The van der Waals surface area contributed by atoms with Crippen molar-refractivity contribution in [2.45, 2.75) is 13.8 Å². The van der Waals surface area contributed by atoms with Crippen LogP contribution in [0, 0.1) is 13.8 Å². The summed E-state index contributed by atoms with van der Waals surface area (Å²) in [4.78, 5) is 14.4. The fourth-order valence-electron chi connectivity index (χ4n) is 0.989. The van der Waals surface area contributed by atoms with Gasteiger partial charge >= 0.3 is 5.97 Å². The van der Waals surface area contributed by atoms with Crippen LogP contribution in [0.2, 0.25) is 0 Å². The smallest absolute Gasteiger partial charge is 0.322 e. The molecule has 1 rings (SSSR count). The highest BCUT2D eigenvalue weighted by atomic mass is 16.4. The zero-order valence-electron chi connectivity index (χ0n) is 7.66. The highest BCUT2D eigenvalue weighted by molar-refractivity contribution is 5.73. The minimum Gasteiger partial charge on any atom is -0.480 e. The molecule has 0 aromatic carbocycles. The van der Waals surface area contributed by atoms with Crippen molar-refractivity contribution in [3.63, 3.8) is 0 Å². The maximum atomic E-state index is 10.3. The van der Waals surface area contributed by atoms with Gasteiger partial charge in [0.1, 0.15) is 6.54 Å². The molecule has 0 atom stereocenters. The molecule has 0 amide bonds. The molecule has 0 saturated heterocycles. The van der Waals surface area contributed by atoms with Crippen LogP contribution in [0.1, 0.15) is 11.3 Å². The lowest BCUT2D eigenvalue weighted by Gasteiger charge is -2.07. The van der Waals surface area contributed by atoms with Gasteiger partial charge in [-0.1, -0.05) is 0 Å². The van der Waals surface area contributed by atoms with Crippen LogP contribution < -0.4 is 5.32 Å². The number of aromatic nitrogens is 1. The van der Waals surface area contributed by atoms with Crippen molar-refractivity contribution in [3.05, 3.63) is 23.5 Å². The molecule has 2 N–H and O–H groups in total. The first kappa shape index (κ1) is 9.51. The Labute approximate surface area is 76.6 Å². The van der Waals surface area contributed by atoms with E-state index in [1.54, 1.807) is 6.20 Å². The Hall–Kier alpha value is -1.58. The number of aryl methyl sites for hydroxylation is 2. The summed E-state index contributed by atoms with van der Waals surface area (Å²) in [6.07, 6.45) is 1.72.